The van der Waals surface area contributed by atoms with Gasteiger partial charge in [0.1, 0.15) is 13.2 Å². The Morgan fingerprint density at radius 2 is 0.675 bits per heavy atom. The number of phosphoric ester groups is 1. The predicted molar refractivity (Wildman–Crippen MR) is 362 cm³/mol. The molecule has 0 aromatic rings. The van der Waals surface area contributed by atoms with E-state index in [0.29, 0.717) is 17.4 Å². The molecule has 0 radical (unpaired) electrons. The van der Waals surface area contributed by atoms with Gasteiger partial charge in [-0.2, -0.15) is 0 Å². The molecular weight excluding hydrogens is 1040 g/mol. The molecule has 0 aromatic heterocycles. The van der Waals surface area contributed by atoms with Crippen LogP contribution in [0.5, 0.6) is 0 Å². The van der Waals surface area contributed by atoms with Gasteiger partial charge in [-0.1, -0.05) is 378 Å². The van der Waals surface area contributed by atoms with Crippen molar-refractivity contribution >= 4 is 13.7 Å². The molecule has 83 heavy (non-hydrogen) atoms. The number of rotatable bonds is 70. The highest BCUT2D eigenvalue weighted by Crippen LogP contribution is 2.38. The molecule has 0 fully saturated rings. The molecule has 0 saturated heterocycles. The van der Waals surface area contributed by atoms with E-state index in [9.17, 15) is 19.4 Å². The maximum absolute atomic E-state index is 13.0. The van der Waals surface area contributed by atoms with Crippen molar-refractivity contribution in [2.75, 3.05) is 40.9 Å². The van der Waals surface area contributed by atoms with Crippen LogP contribution in [0.1, 0.15) is 393 Å². The number of phosphoric acid groups is 1. The van der Waals surface area contributed by atoms with Crippen LogP contribution in [0.25, 0.3) is 0 Å². The van der Waals surface area contributed by atoms with Crippen molar-refractivity contribution in [1.82, 2.24) is 5.32 Å². The third-order valence-corrected chi connectivity index (χ3v) is 18.4. The Bertz CT molecular complexity index is 1400. The largest absolute Gasteiger partial charge is 0.756 e. The zero-order chi connectivity index (χ0) is 60.5. The average molecular weight is 1190 g/mol. The van der Waals surface area contributed by atoms with Gasteiger partial charge < -0.3 is 28.8 Å². The van der Waals surface area contributed by atoms with Crippen LogP contribution in [0.3, 0.4) is 0 Å². The maximum Gasteiger partial charge on any atom is 0.268 e. The van der Waals surface area contributed by atoms with Crippen LogP contribution < -0.4 is 10.2 Å². The fraction of sp³-hybridized carbons (Fsp3) is 0.932. The van der Waals surface area contributed by atoms with E-state index in [1.807, 2.05) is 27.2 Å². The van der Waals surface area contributed by atoms with Gasteiger partial charge in [0, 0.05) is 6.42 Å². The number of carbonyl (C=O) groups is 1. The van der Waals surface area contributed by atoms with Gasteiger partial charge in [0.05, 0.1) is 39.9 Å². The number of nitrogens with one attached hydrogen (secondary N) is 1. The minimum Gasteiger partial charge on any atom is -0.756 e. The first-order valence-corrected chi connectivity index (χ1v) is 38.7. The summed E-state index contributed by atoms with van der Waals surface area (Å²) in [6, 6.07) is -0.902. The highest BCUT2D eigenvalue weighted by molar-refractivity contribution is 7.45. The lowest BCUT2D eigenvalue weighted by atomic mass is 10.0. The Labute approximate surface area is 519 Å². The van der Waals surface area contributed by atoms with Crippen LogP contribution in [0, 0.1) is 0 Å². The first-order valence-electron chi connectivity index (χ1n) is 37.2. The van der Waals surface area contributed by atoms with Gasteiger partial charge in [0.25, 0.3) is 7.82 Å². The zero-order valence-electron chi connectivity index (χ0n) is 56.7. The summed E-state index contributed by atoms with van der Waals surface area (Å²) in [6.07, 6.45) is 86.2. The Morgan fingerprint density at radius 1 is 0.410 bits per heavy atom. The summed E-state index contributed by atoms with van der Waals surface area (Å²) in [7, 11) is 1.27. The molecule has 3 atom stereocenters. The highest BCUT2D eigenvalue weighted by Gasteiger charge is 2.23. The third kappa shape index (κ3) is 68.3. The summed E-state index contributed by atoms with van der Waals surface area (Å²) < 4.78 is 23.5. The normalized spacial score (nSPS) is 13.7. The lowest BCUT2D eigenvalue weighted by molar-refractivity contribution is -0.870. The van der Waals surface area contributed by atoms with Gasteiger partial charge in [-0.3, -0.25) is 9.36 Å². The number of hydrogen-bond donors (Lipinski definition) is 2. The van der Waals surface area contributed by atoms with E-state index in [1.54, 1.807) is 6.08 Å². The van der Waals surface area contributed by atoms with Gasteiger partial charge in [0.15, 0.2) is 0 Å². The standard InChI is InChI=1S/C74H147N2O6P/c1-6-8-10-12-14-16-18-20-22-24-26-28-30-32-34-36-37-38-39-40-42-44-46-48-50-52-54-56-58-60-62-64-66-68-74(78)75-72(71-82-83(79,80)81-70-69-76(3,4)5)73(77)67-65-63-61-59-57-55-53-51-49-47-45-43-41-35-33-31-29-27-25-23-21-19-17-15-13-11-9-7-2/h57,59,65,67,72-73,77H,6-56,58,60-64,66,68-71H2,1-5H3,(H-,75,78,79,80)/b59-57+,67-65+. The minimum atomic E-state index is -4.61. The molecule has 2 N–H and O–H groups in total. The van der Waals surface area contributed by atoms with Crippen molar-refractivity contribution in [1.29, 1.82) is 0 Å². The molecule has 3 unspecified atom stereocenters. The number of allylic oxidation sites excluding steroid dienone is 3. The highest BCUT2D eigenvalue weighted by atomic mass is 31.2. The lowest BCUT2D eigenvalue weighted by Crippen LogP contribution is -2.45. The Hall–Kier alpha value is -1.02. The maximum atomic E-state index is 13.0. The predicted octanol–water partition coefficient (Wildman–Crippen LogP) is 23.2. The number of aliphatic hydroxyl groups excluding tert-OH is 1. The number of carbonyl (C=O) groups excluding carboxylic acids is 1. The first-order chi connectivity index (χ1) is 40.5. The quantitative estimate of drug-likeness (QED) is 0.0272. The van der Waals surface area contributed by atoms with Crippen LogP contribution in [-0.4, -0.2) is 68.5 Å². The summed E-state index contributed by atoms with van der Waals surface area (Å²) in [5.74, 6) is -0.197. The van der Waals surface area contributed by atoms with Crippen LogP contribution in [0.2, 0.25) is 0 Å². The molecule has 0 aliphatic rings. The summed E-state index contributed by atoms with van der Waals surface area (Å²) in [4.78, 5) is 25.6. The Kier molecular flexibility index (Phi) is 64.6. The van der Waals surface area contributed by atoms with E-state index in [4.69, 9.17) is 9.05 Å². The van der Waals surface area contributed by atoms with Gasteiger partial charge in [-0.05, 0) is 32.1 Å². The van der Waals surface area contributed by atoms with Crippen LogP contribution in [0.15, 0.2) is 24.3 Å². The molecule has 0 bridgehead atoms. The fourth-order valence-electron chi connectivity index (χ4n) is 11.6. The SMILES string of the molecule is CCCCCCCCCCCCCCCCCCCCCCCC/C=C/CC/C=C/C(O)C(COP(=O)([O-])OCC[N+](C)(C)C)NC(=O)CCCCCCCCCCCCCCCCCCCCCCCCCCCCCCCCCCC. The molecule has 0 heterocycles. The van der Waals surface area contributed by atoms with Gasteiger partial charge >= 0.3 is 0 Å². The number of quaternary nitrogens is 1. The summed E-state index contributed by atoms with van der Waals surface area (Å²) in [5, 5.41) is 14.0. The zero-order valence-corrected chi connectivity index (χ0v) is 57.6. The molecule has 1 amide bonds. The molecule has 494 valence electrons. The smallest absolute Gasteiger partial charge is 0.268 e. The van der Waals surface area contributed by atoms with E-state index in [1.165, 1.54) is 334 Å². The first kappa shape index (κ1) is 82.0. The van der Waals surface area contributed by atoms with Crippen LogP contribution in [-0.2, 0) is 18.4 Å². The number of nitrogens with zero attached hydrogens (tertiary/aromatic N) is 1. The molecular formula is C74H147N2O6P. The average Bonchev–Trinajstić information content (AvgIpc) is 3.49. The van der Waals surface area contributed by atoms with Crippen LogP contribution >= 0.6 is 7.82 Å². The van der Waals surface area contributed by atoms with Crippen molar-refractivity contribution in [2.24, 2.45) is 0 Å². The van der Waals surface area contributed by atoms with Crippen molar-refractivity contribution in [3.8, 4) is 0 Å². The lowest BCUT2D eigenvalue weighted by Gasteiger charge is -2.29. The summed E-state index contributed by atoms with van der Waals surface area (Å²) >= 11 is 0. The molecule has 9 heteroatoms. The van der Waals surface area contributed by atoms with Gasteiger partial charge in [-0.15, -0.1) is 0 Å². The second-order valence-corrected chi connectivity index (χ2v) is 28.4. The van der Waals surface area contributed by atoms with Crippen molar-refractivity contribution in [2.45, 2.75) is 405 Å². The minimum absolute atomic E-state index is 0.00334. The fourth-order valence-corrected chi connectivity index (χ4v) is 12.4. The molecule has 0 aliphatic heterocycles. The molecule has 0 saturated carbocycles. The number of amides is 1. The van der Waals surface area contributed by atoms with Gasteiger partial charge in [0.2, 0.25) is 5.91 Å². The molecule has 0 spiro atoms. The topological polar surface area (TPSA) is 108 Å². The monoisotopic (exact) mass is 1190 g/mol. The Balaban J connectivity index is 4.01. The van der Waals surface area contributed by atoms with E-state index in [2.05, 4.69) is 31.3 Å². The molecule has 0 rings (SSSR count). The van der Waals surface area contributed by atoms with Gasteiger partial charge in [-0.25, -0.2) is 0 Å². The molecule has 0 aliphatic carbocycles. The van der Waals surface area contributed by atoms with E-state index in [0.717, 1.165) is 38.5 Å². The third-order valence-electron chi connectivity index (χ3n) is 17.4. The number of hydrogen-bond acceptors (Lipinski definition) is 6. The Morgan fingerprint density at radius 3 is 0.976 bits per heavy atom. The second kappa shape index (κ2) is 65.4. The van der Waals surface area contributed by atoms with Crippen molar-refractivity contribution in [3.05, 3.63) is 24.3 Å². The summed E-state index contributed by atoms with van der Waals surface area (Å²) in [6.45, 7) is 4.70. The van der Waals surface area contributed by atoms with Crippen molar-refractivity contribution in [3.63, 3.8) is 0 Å². The summed E-state index contributed by atoms with van der Waals surface area (Å²) in [5.41, 5.74) is 0. The number of aliphatic hydroxyl groups is 1. The van der Waals surface area contributed by atoms with E-state index >= 15 is 0 Å². The molecule has 8 nitrogen and oxygen atoms in total. The van der Waals surface area contributed by atoms with E-state index < -0.39 is 20.0 Å². The van der Waals surface area contributed by atoms with E-state index in [-0.39, 0.29) is 19.1 Å². The van der Waals surface area contributed by atoms with Crippen molar-refractivity contribution < 1.29 is 32.9 Å². The second-order valence-electron chi connectivity index (χ2n) is 27.0. The molecule has 0 aromatic carbocycles. The number of likely N-dealkylation sites (N-methyl/N-ethyl adjacent to an activating group) is 1. The van der Waals surface area contributed by atoms with Crippen LogP contribution in [0.4, 0.5) is 0 Å². The number of unbranched alkanes of at least 4 members (excludes halogenated alkanes) is 55.